The number of hydrogen-bond donors (Lipinski definition) is 1. The third-order valence-corrected chi connectivity index (χ3v) is 5.72. The summed E-state index contributed by atoms with van der Waals surface area (Å²) in [6.07, 6.45) is 0. The standard InChI is InChI=1S/C17H18N2O4S2/c1-19(2)14-8-6-13(7-9-14)5-4-11-18-25(21,22)15-10-12-24-16(15)17(20)23-3/h6-10,12,18H,11H2,1-3H3. The number of nitrogens with one attached hydrogen (secondary N) is 1. The van der Waals surface area contributed by atoms with Gasteiger partial charge in [-0.2, -0.15) is 4.72 Å². The van der Waals surface area contributed by atoms with Crippen molar-refractivity contribution in [2.75, 3.05) is 32.6 Å². The normalized spacial score (nSPS) is 10.7. The molecule has 0 spiro atoms. The molecular weight excluding hydrogens is 360 g/mol. The predicted molar refractivity (Wildman–Crippen MR) is 98.5 cm³/mol. The number of sulfonamides is 1. The minimum absolute atomic E-state index is 0.0437. The molecule has 0 saturated carbocycles. The Bertz CT molecular complexity index is 904. The number of nitrogens with zero attached hydrogens (tertiary/aromatic N) is 1. The van der Waals surface area contributed by atoms with E-state index in [1.54, 1.807) is 0 Å². The van der Waals surface area contributed by atoms with Gasteiger partial charge in [0, 0.05) is 25.3 Å². The number of rotatable bonds is 5. The summed E-state index contributed by atoms with van der Waals surface area (Å²) in [5, 5.41) is 1.53. The second-order valence-corrected chi connectivity index (χ2v) is 7.82. The molecule has 0 aliphatic rings. The van der Waals surface area contributed by atoms with E-state index < -0.39 is 16.0 Å². The number of carbonyl (C=O) groups is 1. The Kier molecular flexibility index (Phi) is 6.20. The largest absolute Gasteiger partial charge is 0.465 e. The van der Waals surface area contributed by atoms with Crippen LogP contribution in [0.5, 0.6) is 0 Å². The summed E-state index contributed by atoms with van der Waals surface area (Å²) in [6.45, 7) is -0.0613. The molecule has 2 aromatic rings. The maximum atomic E-state index is 12.3. The van der Waals surface area contributed by atoms with Gasteiger partial charge in [-0.3, -0.25) is 0 Å². The lowest BCUT2D eigenvalue weighted by atomic mass is 10.2. The van der Waals surface area contributed by atoms with Crippen LogP contribution in [-0.4, -0.2) is 42.1 Å². The monoisotopic (exact) mass is 378 g/mol. The van der Waals surface area contributed by atoms with Gasteiger partial charge in [-0.25, -0.2) is 13.2 Å². The van der Waals surface area contributed by atoms with Crippen LogP contribution in [0.2, 0.25) is 0 Å². The van der Waals surface area contributed by atoms with Crippen LogP contribution in [0.1, 0.15) is 15.2 Å². The maximum absolute atomic E-state index is 12.3. The van der Waals surface area contributed by atoms with E-state index in [-0.39, 0.29) is 16.3 Å². The van der Waals surface area contributed by atoms with Gasteiger partial charge in [-0.05, 0) is 35.7 Å². The molecule has 1 N–H and O–H groups in total. The molecule has 0 unspecified atom stereocenters. The van der Waals surface area contributed by atoms with E-state index in [1.165, 1.54) is 18.6 Å². The molecule has 1 aromatic heterocycles. The van der Waals surface area contributed by atoms with Crippen molar-refractivity contribution in [2.24, 2.45) is 0 Å². The quantitative estimate of drug-likeness (QED) is 0.636. The van der Waals surface area contributed by atoms with Crippen LogP contribution in [0.25, 0.3) is 0 Å². The van der Waals surface area contributed by atoms with E-state index in [2.05, 4.69) is 21.3 Å². The van der Waals surface area contributed by atoms with Crippen LogP contribution in [0, 0.1) is 11.8 Å². The number of thiophene rings is 1. The van der Waals surface area contributed by atoms with Crippen molar-refractivity contribution in [3.8, 4) is 11.8 Å². The minimum atomic E-state index is -3.82. The first-order chi connectivity index (χ1) is 11.8. The number of anilines is 1. The smallest absolute Gasteiger partial charge is 0.349 e. The Hall–Kier alpha value is -2.34. The lowest BCUT2D eigenvalue weighted by molar-refractivity contribution is 0.0602. The van der Waals surface area contributed by atoms with Gasteiger partial charge in [-0.1, -0.05) is 11.8 Å². The van der Waals surface area contributed by atoms with Crippen molar-refractivity contribution in [3.63, 3.8) is 0 Å². The average Bonchev–Trinajstić information content (AvgIpc) is 3.09. The summed E-state index contributed by atoms with van der Waals surface area (Å²) >= 11 is 1.02. The molecule has 25 heavy (non-hydrogen) atoms. The van der Waals surface area contributed by atoms with Crippen LogP contribution in [0.4, 0.5) is 5.69 Å². The van der Waals surface area contributed by atoms with E-state index in [0.29, 0.717) is 0 Å². The number of esters is 1. The third kappa shape index (κ3) is 4.82. The van der Waals surface area contributed by atoms with Gasteiger partial charge in [0.15, 0.2) is 0 Å². The molecule has 0 aliphatic carbocycles. The van der Waals surface area contributed by atoms with Gasteiger partial charge in [0.2, 0.25) is 10.0 Å². The Morgan fingerprint density at radius 2 is 1.92 bits per heavy atom. The number of carbonyl (C=O) groups excluding carboxylic acids is 1. The second kappa shape index (κ2) is 8.16. The van der Waals surface area contributed by atoms with Gasteiger partial charge in [0.05, 0.1) is 13.7 Å². The predicted octanol–water partition coefficient (Wildman–Crippen LogP) is 1.93. The highest BCUT2D eigenvalue weighted by Gasteiger charge is 2.23. The lowest BCUT2D eigenvalue weighted by Crippen LogP contribution is -2.25. The van der Waals surface area contributed by atoms with Crippen molar-refractivity contribution < 1.29 is 17.9 Å². The SMILES string of the molecule is COC(=O)c1sccc1S(=O)(=O)NCC#Cc1ccc(N(C)C)cc1. The van der Waals surface area contributed by atoms with Crippen molar-refractivity contribution >= 4 is 33.0 Å². The maximum Gasteiger partial charge on any atom is 0.349 e. The summed E-state index contributed by atoms with van der Waals surface area (Å²) in [5.41, 5.74) is 1.84. The molecule has 0 bridgehead atoms. The molecule has 0 fully saturated rings. The van der Waals surface area contributed by atoms with E-state index >= 15 is 0 Å². The summed E-state index contributed by atoms with van der Waals surface area (Å²) in [7, 11) is 1.28. The van der Waals surface area contributed by atoms with E-state index in [1.807, 2.05) is 43.3 Å². The highest BCUT2D eigenvalue weighted by molar-refractivity contribution is 7.89. The van der Waals surface area contributed by atoms with Crippen molar-refractivity contribution in [2.45, 2.75) is 4.90 Å². The molecule has 0 amide bonds. The topological polar surface area (TPSA) is 75.7 Å². The lowest BCUT2D eigenvalue weighted by Gasteiger charge is -2.11. The van der Waals surface area contributed by atoms with Crippen LogP contribution in [0.3, 0.4) is 0 Å². The van der Waals surface area contributed by atoms with Gasteiger partial charge >= 0.3 is 5.97 Å². The first-order valence-electron chi connectivity index (χ1n) is 7.27. The van der Waals surface area contributed by atoms with Crippen LogP contribution < -0.4 is 9.62 Å². The molecule has 0 saturated heterocycles. The number of methoxy groups -OCH3 is 1. The first kappa shape index (κ1) is 19.0. The van der Waals surface area contributed by atoms with Crippen molar-refractivity contribution in [3.05, 3.63) is 46.2 Å². The Morgan fingerprint density at radius 1 is 1.24 bits per heavy atom. The Labute approximate surface area is 151 Å². The van der Waals surface area contributed by atoms with Gasteiger partial charge < -0.3 is 9.64 Å². The van der Waals surface area contributed by atoms with Gasteiger partial charge in [-0.15, -0.1) is 11.3 Å². The number of hydrogen-bond acceptors (Lipinski definition) is 6. The summed E-state index contributed by atoms with van der Waals surface area (Å²) in [6, 6.07) is 8.97. The van der Waals surface area contributed by atoms with Crippen LogP contribution in [-0.2, 0) is 14.8 Å². The Morgan fingerprint density at radius 3 is 2.52 bits per heavy atom. The first-order valence-corrected chi connectivity index (χ1v) is 9.63. The molecule has 132 valence electrons. The Balaban J connectivity index is 2.04. The molecule has 6 nitrogen and oxygen atoms in total. The van der Waals surface area contributed by atoms with Gasteiger partial charge in [0.25, 0.3) is 0 Å². The fraction of sp³-hybridized carbons (Fsp3) is 0.235. The van der Waals surface area contributed by atoms with Crippen LogP contribution >= 0.6 is 11.3 Å². The molecule has 1 aromatic carbocycles. The fourth-order valence-electron chi connectivity index (χ4n) is 1.95. The van der Waals surface area contributed by atoms with E-state index in [0.717, 1.165) is 22.6 Å². The molecule has 2 rings (SSSR count). The average molecular weight is 378 g/mol. The minimum Gasteiger partial charge on any atom is -0.465 e. The number of benzene rings is 1. The van der Waals surface area contributed by atoms with Gasteiger partial charge in [0.1, 0.15) is 9.77 Å². The van der Waals surface area contributed by atoms with Crippen LogP contribution in [0.15, 0.2) is 40.6 Å². The fourth-order valence-corrected chi connectivity index (χ4v) is 4.20. The summed E-state index contributed by atoms with van der Waals surface area (Å²) < 4.78 is 31.5. The third-order valence-electron chi connectivity index (χ3n) is 3.26. The summed E-state index contributed by atoms with van der Waals surface area (Å²) in [5.74, 6) is 4.98. The highest BCUT2D eigenvalue weighted by Crippen LogP contribution is 2.22. The highest BCUT2D eigenvalue weighted by atomic mass is 32.2. The molecule has 8 heteroatoms. The zero-order valence-electron chi connectivity index (χ0n) is 14.1. The van der Waals surface area contributed by atoms with Crippen molar-refractivity contribution in [1.29, 1.82) is 0 Å². The van der Waals surface area contributed by atoms with E-state index in [4.69, 9.17) is 0 Å². The molecule has 1 heterocycles. The zero-order chi connectivity index (χ0) is 18.4. The molecule has 0 aliphatic heterocycles. The van der Waals surface area contributed by atoms with E-state index in [9.17, 15) is 13.2 Å². The zero-order valence-corrected chi connectivity index (χ0v) is 15.7. The van der Waals surface area contributed by atoms with Crippen molar-refractivity contribution in [1.82, 2.24) is 4.72 Å². The molecule has 0 atom stereocenters. The second-order valence-electron chi connectivity index (χ2n) is 5.17. The number of ether oxygens (including phenoxy) is 1. The molecule has 0 radical (unpaired) electrons. The summed E-state index contributed by atoms with van der Waals surface area (Å²) in [4.78, 5) is 13.5. The molecular formula is C17H18N2O4S2.